The molecule has 1 aliphatic rings. The number of carbonyl (C=O) groups is 1. The summed E-state index contributed by atoms with van der Waals surface area (Å²) in [5.41, 5.74) is 2.03. The van der Waals surface area contributed by atoms with E-state index in [1.807, 2.05) is 0 Å². The Balaban J connectivity index is 0.00000200. The predicted octanol–water partition coefficient (Wildman–Crippen LogP) is 1.59. The van der Waals surface area contributed by atoms with Crippen molar-refractivity contribution in [2.75, 3.05) is 26.8 Å². The van der Waals surface area contributed by atoms with Crippen molar-refractivity contribution < 1.29 is 13.9 Å². The Morgan fingerprint density at radius 1 is 1.50 bits per heavy atom. The number of benzene rings is 1. The molecule has 0 spiro atoms. The molecule has 0 aromatic heterocycles. The highest BCUT2D eigenvalue weighted by atomic mass is 35.5. The number of aryl methyl sites for hydroxylation is 1. The van der Waals surface area contributed by atoms with Gasteiger partial charge in [0.25, 0.3) is 0 Å². The summed E-state index contributed by atoms with van der Waals surface area (Å²) in [7, 11) is 1.62. The highest BCUT2D eigenvalue weighted by Crippen LogP contribution is 2.31. The molecule has 6 heteroatoms. The van der Waals surface area contributed by atoms with Crippen LogP contribution < -0.4 is 10.6 Å². The summed E-state index contributed by atoms with van der Waals surface area (Å²) in [6, 6.07) is 4.77. The zero-order valence-corrected chi connectivity index (χ0v) is 12.3. The van der Waals surface area contributed by atoms with E-state index in [2.05, 4.69) is 10.6 Å². The van der Waals surface area contributed by atoms with Gasteiger partial charge >= 0.3 is 0 Å². The van der Waals surface area contributed by atoms with Crippen LogP contribution in [0.2, 0.25) is 0 Å². The van der Waals surface area contributed by atoms with Gasteiger partial charge in [-0.1, -0.05) is 6.07 Å². The number of hydrogen-bond donors (Lipinski definition) is 2. The molecule has 0 saturated heterocycles. The number of hydrogen-bond acceptors (Lipinski definition) is 3. The molecule has 1 aromatic carbocycles. The van der Waals surface area contributed by atoms with Gasteiger partial charge in [-0.2, -0.15) is 0 Å². The quantitative estimate of drug-likeness (QED) is 0.785. The number of carbonyl (C=O) groups excluding carboxylic acids is 1. The van der Waals surface area contributed by atoms with E-state index in [1.165, 1.54) is 6.07 Å². The fourth-order valence-corrected chi connectivity index (χ4v) is 2.36. The Morgan fingerprint density at radius 2 is 2.30 bits per heavy atom. The second-order valence-corrected chi connectivity index (χ2v) is 4.67. The van der Waals surface area contributed by atoms with Crippen LogP contribution in [0.4, 0.5) is 4.39 Å². The van der Waals surface area contributed by atoms with Crippen LogP contribution in [0.1, 0.15) is 23.6 Å². The number of rotatable bonds is 6. The van der Waals surface area contributed by atoms with Crippen molar-refractivity contribution in [3.05, 3.63) is 35.1 Å². The Kier molecular flexibility index (Phi) is 6.91. The first-order chi connectivity index (χ1) is 9.20. The van der Waals surface area contributed by atoms with E-state index in [0.717, 1.165) is 24.0 Å². The summed E-state index contributed by atoms with van der Waals surface area (Å²) >= 11 is 0. The number of ether oxygens (including phenoxy) is 1. The SMILES string of the molecule is COCCNCC(=O)NC1CCc2cc(F)ccc21.Cl. The highest BCUT2D eigenvalue weighted by Gasteiger charge is 2.23. The third-order valence-electron chi connectivity index (χ3n) is 3.29. The minimum Gasteiger partial charge on any atom is -0.383 e. The van der Waals surface area contributed by atoms with Crippen molar-refractivity contribution in [3.63, 3.8) is 0 Å². The third-order valence-corrected chi connectivity index (χ3v) is 3.29. The van der Waals surface area contributed by atoms with E-state index in [0.29, 0.717) is 13.2 Å². The van der Waals surface area contributed by atoms with Crippen LogP contribution in [-0.2, 0) is 16.0 Å². The van der Waals surface area contributed by atoms with Crippen LogP contribution in [0.5, 0.6) is 0 Å². The van der Waals surface area contributed by atoms with Crippen molar-refractivity contribution in [3.8, 4) is 0 Å². The minimum absolute atomic E-state index is 0. The molecular formula is C14H20ClFN2O2. The number of methoxy groups -OCH3 is 1. The summed E-state index contributed by atoms with van der Waals surface area (Å²) in [5.74, 6) is -0.259. The van der Waals surface area contributed by atoms with Gasteiger partial charge in [0, 0.05) is 13.7 Å². The van der Waals surface area contributed by atoms with Gasteiger partial charge in [-0.15, -0.1) is 12.4 Å². The van der Waals surface area contributed by atoms with Gasteiger partial charge < -0.3 is 15.4 Å². The first kappa shape index (κ1) is 16.9. The standard InChI is InChI=1S/C14H19FN2O2.ClH/c1-19-7-6-16-9-14(18)17-13-5-2-10-8-11(15)3-4-12(10)13;/h3-4,8,13,16H,2,5-7,9H2,1H3,(H,17,18);1H. The second-order valence-electron chi connectivity index (χ2n) is 4.67. The lowest BCUT2D eigenvalue weighted by Gasteiger charge is -2.14. The molecule has 4 nitrogen and oxygen atoms in total. The molecule has 0 aliphatic heterocycles. The first-order valence-corrected chi connectivity index (χ1v) is 6.48. The topological polar surface area (TPSA) is 50.4 Å². The van der Waals surface area contributed by atoms with Crippen LogP contribution in [0, 0.1) is 5.82 Å². The largest absolute Gasteiger partial charge is 0.383 e. The van der Waals surface area contributed by atoms with Gasteiger partial charge in [-0.25, -0.2) is 4.39 Å². The highest BCUT2D eigenvalue weighted by molar-refractivity contribution is 5.85. The molecule has 1 aromatic rings. The molecule has 1 atom stereocenters. The summed E-state index contributed by atoms with van der Waals surface area (Å²) in [6.45, 7) is 1.51. The summed E-state index contributed by atoms with van der Waals surface area (Å²) in [5, 5.41) is 5.96. The second kappa shape index (κ2) is 8.19. The summed E-state index contributed by atoms with van der Waals surface area (Å²) in [4.78, 5) is 11.8. The average molecular weight is 303 g/mol. The van der Waals surface area contributed by atoms with Crippen LogP contribution in [0.15, 0.2) is 18.2 Å². The van der Waals surface area contributed by atoms with Gasteiger partial charge in [0.05, 0.1) is 19.2 Å². The fourth-order valence-electron chi connectivity index (χ4n) is 2.36. The number of halogens is 2. The molecule has 0 saturated carbocycles. The normalized spacial score (nSPS) is 16.4. The van der Waals surface area contributed by atoms with Crippen molar-refractivity contribution in [1.29, 1.82) is 0 Å². The first-order valence-electron chi connectivity index (χ1n) is 6.48. The molecule has 1 amide bonds. The third kappa shape index (κ3) is 4.44. The van der Waals surface area contributed by atoms with Crippen molar-refractivity contribution >= 4 is 18.3 Å². The van der Waals surface area contributed by atoms with E-state index in [1.54, 1.807) is 19.2 Å². The molecule has 0 fully saturated rings. The predicted molar refractivity (Wildman–Crippen MR) is 77.6 cm³/mol. The zero-order chi connectivity index (χ0) is 13.7. The monoisotopic (exact) mass is 302 g/mol. The summed E-state index contributed by atoms with van der Waals surface area (Å²) < 4.78 is 18.0. The number of nitrogens with one attached hydrogen (secondary N) is 2. The maximum atomic E-state index is 13.1. The van der Waals surface area contributed by atoms with Gasteiger partial charge in [-0.05, 0) is 36.1 Å². The fraction of sp³-hybridized carbons (Fsp3) is 0.500. The van der Waals surface area contributed by atoms with Crippen molar-refractivity contribution in [2.45, 2.75) is 18.9 Å². The smallest absolute Gasteiger partial charge is 0.234 e. The molecule has 20 heavy (non-hydrogen) atoms. The lowest BCUT2D eigenvalue weighted by molar-refractivity contribution is -0.121. The van der Waals surface area contributed by atoms with Crippen LogP contribution in [0.3, 0.4) is 0 Å². The molecule has 1 unspecified atom stereocenters. The molecule has 0 heterocycles. The van der Waals surface area contributed by atoms with Crippen LogP contribution in [-0.4, -0.2) is 32.7 Å². The van der Waals surface area contributed by atoms with Gasteiger partial charge in [0.2, 0.25) is 5.91 Å². The van der Waals surface area contributed by atoms with E-state index in [-0.39, 0.29) is 36.7 Å². The van der Waals surface area contributed by atoms with E-state index in [9.17, 15) is 9.18 Å². The Morgan fingerprint density at radius 3 is 3.05 bits per heavy atom. The van der Waals surface area contributed by atoms with E-state index >= 15 is 0 Å². The minimum atomic E-state index is -0.216. The molecule has 0 radical (unpaired) electrons. The summed E-state index contributed by atoms with van der Waals surface area (Å²) in [6.07, 6.45) is 1.65. The van der Waals surface area contributed by atoms with Crippen molar-refractivity contribution in [1.82, 2.24) is 10.6 Å². The Labute approximate surface area is 124 Å². The maximum Gasteiger partial charge on any atom is 0.234 e. The molecular weight excluding hydrogens is 283 g/mol. The maximum absolute atomic E-state index is 13.1. The Hall–Kier alpha value is -1.17. The number of amides is 1. The zero-order valence-electron chi connectivity index (χ0n) is 11.4. The van der Waals surface area contributed by atoms with E-state index < -0.39 is 0 Å². The van der Waals surface area contributed by atoms with Gasteiger partial charge in [0.15, 0.2) is 0 Å². The number of fused-ring (bicyclic) bond motifs is 1. The molecule has 1 aliphatic carbocycles. The van der Waals surface area contributed by atoms with Crippen LogP contribution in [0.25, 0.3) is 0 Å². The lowest BCUT2D eigenvalue weighted by Crippen LogP contribution is -2.36. The molecule has 2 rings (SSSR count). The Bertz CT molecular complexity index is 457. The molecule has 112 valence electrons. The average Bonchev–Trinajstić information content (AvgIpc) is 2.77. The lowest BCUT2D eigenvalue weighted by atomic mass is 10.1. The van der Waals surface area contributed by atoms with Crippen LogP contribution >= 0.6 is 12.4 Å². The van der Waals surface area contributed by atoms with Gasteiger partial charge in [-0.3, -0.25) is 4.79 Å². The van der Waals surface area contributed by atoms with E-state index in [4.69, 9.17) is 4.74 Å². The van der Waals surface area contributed by atoms with Crippen molar-refractivity contribution in [2.24, 2.45) is 0 Å². The molecule has 2 N–H and O–H groups in total. The molecule has 0 bridgehead atoms. The van der Waals surface area contributed by atoms with Gasteiger partial charge in [0.1, 0.15) is 5.82 Å².